The molecule has 1 unspecified atom stereocenters. The van der Waals surface area contributed by atoms with Crippen molar-refractivity contribution < 1.29 is 9.47 Å². The van der Waals surface area contributed by atoms with Crippen LogP contribution in [0.15, 0.2) is 17.1 Å². The average molecular weight is 379 g/mol. The Bertz CT molecular complexity index is 603. The van der Waals surface area contributed by atoms with Gasteiger partial charge in [-0.1, -0.05) is 25.0 Å². The van der Waals surface area contributed by atoms with Gasteiger partial charge in [-0.15, -0.1) is 0 Å². The molecule has 0 aromatic carbocycles. The third-order valence-corrected chi connectivity index (χ3v) is 4.60. The van der Waals surface area contributed by atoms with E-state index in [1.165, 1.54) is 12.8 Å². The molecule has 0 fully saturated rings. The van der Waals surface area contributed by atoms with E-state index in [0.29, 0.717) is 6.54 Å². The zero-order valence-electron chi connectivity index (χ0n) is 16.3. The summed E-state index contributed by atoms with van der Waals surface area (Å²) in [6.45, 7) is 4.85. The fourth-order valence-electron chi connectivity index (χ4n) is 3.06. The number of aromatic nitrogens is 2. The molecule has 1 aromatic heterocycles. The minimum atomic E-state index is -0.116. The highest BCUT2D eigenvalue weighted by Gasteiger charge is 2.15. The van der Waals surface area contributed by atoms with Crippen LogP contribution in [0.2, 0.25) is 0 Å². The minimum Gasteiger partial charge on any atom is -0.381 e. The van der Waals surface area contributed by atoms with Crippen molar-refractivity contribution in [1.82, 2.24) is 15.5 Å². The maximum atomic E-state index is 11.7. The molecule has 0 bridgehead atoms. The number of nitrogens with zero attached hydrogens (tertiary/aromatic N) is 1. The van der Waals surface area contributed by atoms with Crippen LogP contribution >= 0.6 is 0 Å². The molecular formula is C20H34N4O3. The molecule has 1 heterocycles. The molecule has 0 aliphatic heterocycles. The fourth-order valence-corrected chi connectivity index (χ4v) is 3.06. The Balaban J connectivity index is 1.39. The van der Waals surface area contributed by atoms with Crippen LogP contribution in [0.25, 0.3) is 6.08 Å². The lowest BCUT2D eigenvalue weighted by Crippen LogP contribution is -2.33. The Labute approximate surface area is 161 Å². The van der Waals surface area contributed by atoms with E-state index in [9.17, 15) is 4.79 Å². The number of rotatable bonds is 15. The minimum absolute atomic E-state index is 0.116. The van der Waals surface area contributed by atoms with Gasteiger partial charge in [-0.25, -0.2) is 5.10 Å². The van der Waals surface area contributed by atoms with E-state index in [4.69, 9.17) is 15.2 Å². The predicted molar refractivity (Wildman–Crippen MR) is 108 cm³/mol. The molecule has 0 saturated carbocycles. The van der Waals surface area contributed by atoms with Crippen molar-refractivity contribution in [2.24, 2.45) is 5.73 Å². The molecule has 0 radical (unpaired) electrons. The quantitative estimate of drug-likeness (QED) is 0.401. The van der Waals surface area contributed by atoms with Crippen LogP contribution in [0.5, 0.6) is 0 Å². The van der Waals surface area contributed by atoms with Gasteiger partial charge in [-0.05, 0) is 50.8 Å². The molecule has 0 spiro atoms. The van der Waals surface area contributed by atoms with Gasteiger partial charge in [0.25, 0.3) is 5.56 Å². The second kappa shape index (κ2) is 13.6. The molecule has 27 heavy (non-hydrogen) atoms. The monoisotopic (exact) mass is 378 g/mol. The van der Waals surface area contributed by atoms with E-state index in [2.05, 4.69) is 21.6 Å². The van der Waals surface area contributed by atoms with Gasteiger partial charge in [-0.2, -0.15) is 5.10 Å². The number of unbranched alkanes of at least 4 members (excludes halogenated alkanes) is 3. The molecule has 1 aliphatic rings. The van der Waals surface area contributed by atoms with Crippen LogP contribution in [0.4, 0.5) is 0 Å². The Morgan fingerprint density at radius 3 is 2.52 bits per heavy atom. The van der Waals surface area contributed by atoms with Crippen molar-refractivity contribution in [3.63, 3.8) is 0 Å². The van der Waals surface area contributed by atoms with Crippen molar-refractivity contribution in [2.75, 3.05) is 39.5 Å². The van der Waals surface area contributed by atoms with E-state index in [1.807, 2.05) is 6.08 Å². The standard InChI is InChI=1S/C20H34N4O3/c21-9-5-13-26-11-3-1-2-4-12-27-14-6-10-22-18-7-8-19-17(15-18)16-23-24-20(19)25/h7-8,16,18,22H,1-6,9-15,21H2,(H,24,25). The second-order valence-corrected chi connectivity index (χ2v) is 6.90. The number of nitrogens with one attached hydrogen (secondary N) is 2. The molecule has 2 rings (SSSR count). The Morgan fingerprint density at radius 1 is 1.07 bits per heavy atom. The summed E-state index contributed by atoms with van der Waals surface area (Å²) in [5.41, 5.74) is 7.03. The summed E-state index contributed by atoms with van der Waals surface area (Å²) in [5, 5.41) is 9.84. The number of nitrogens with two attached hydrogens (primary N) is 1. The van der Waals surface area contributed by atoms with Crippen molar-refractivity contribution in [3.05, 3.63) is 33.8 Å². The molecule has 1 aromatic rings. The molecule has 4 N–H and O–H groups in total. The molecule has 7 heteroatoms. The largest absolute Gasteiger partial charge is 0.381 e. The normalized spacial score (nSPS) is 15.8. The summed E-state index contributed by atoms with van der Waals surface area (Å²) in [4.78, 5) is 11.7. The summed E-state index contributed by atoms with van der Waals surface area (Å²) >= 11 is 0. The number of H-pyrrole nitrogens is 1. The summed E-state index contributed by atoms with van der Waals surface area (Å²) in [5.74, 6) is 0. The van der Waals surface area contributed by atoms with Crippen molar-refractivity contribution in [3.8, 4) is 0 Å². The maximum Gasteiger partial charge on any atom is 0.271 e. The van der Waals surface area contributed by atoms with Gasteiger partial charge in [0.15, 0.2) is 0 Å². The summed E-state index contributed by atoms with van der Waals surface area (Å²) in [7, 11) is 0. The van der Waals surface area contributed by atoms with Gasteiger partial charge < -0.3 is 20.5 Å². The van der Waals surface area contributed by atoms with Gasteiger partial charge in [0.1, 0.15) is 0 Å². The number of hydrogen-bond acceptors (Lipinski definition) is 6. The van der Waals surface area contributed by atoms with Crippen molar-refractivity contribution in [1.29, 1.82) is 0 Å². The van der Waals surface area contributed by atoms with E-state index in [-0.39, 0.29) is 11.6 Å². The lowest BCUT2D eigenvalue weighted by molar-refractivity contribution is 0.119. The highest BCUT2D eigenvalue weighted by Crippen LogP contribution is 2.14. The average Bonchev–Trinajstić information content (AvgIpc) is 2.68. The molecule has 1 atom stereocenters. The fraction of sp³-hybridized carbons (Fsp3) is 0.700. The van der Waals surface area contributed by atoms with E-state index in [1.54, 1.807) is 6.20 Å². The van der Waals surface area contributed by atoms with Gasteiger partial charge in [0.2, 0.25) is 0 Å². The lowest BCUT2D eigenvalue weighted by atomic mass is 9.97. The Hall–Kier alpha value is -1.54. The first kappa shape index (κ1) is 21.8. The SMILES string of the molecule is NCCCOCCCCCCOCCCNC1C=Cc2c(cn[nH]c2=O)C1. The smallest absolute Gasteiger partial charge is 0.271 e. The zero-order valence-corrected chi connectivity index (χ0v) is 16.3. The third-order valence-electron chi connectivity index (χ3n) is 4.60. The molecule has 0 saturated heterocycles. The highest BCUT2D eigenvalue weighted by molar-refractivity contribution is 5.55. The van der Waals surface area contributed by atoms with Crippen LogP contribution in [0.3, 0.4) is 0 Å². The van der Waals surface area contributed by atoms with Crippen LogP contribution in [0.1, 0.15) is 49.7 Å². The lowest BCUT2D eigenvalue weighted by Gasteiger charge is -2.19. The highest BCUT2D eigenvalue weighted by atomic mass is 16.5. The maximum absolute atomic E-state index is 11.7. The first-order valence-electron chi connectivity index (χ1n) is 10.1. The zero-order chi connectivity index (χ0) is 19.2. The molecule has 0 amide bonds. The van der Waals surface area contributed by atoms with Crippen molar-refractivity contribution >= 4 is 6.08 Å². The number of aromatic amines is 1. The van der Waals surface area contributed by atoms with Crippen molar-refractivity contribution in [2.45, 2.75) is 51.0 Å². The Morgan fingerprint density at radius 2 is 1.78 bits per heavy atom. The van der Waals surface area contributed by atoms with E-state index >= 15 is 0 Å². The molecule has 7 nitrogen and oxygen atoms in total. The number of fused-ring (bicyclic) bond motifs is 1. The second-order valence-electron chi connectivity index (χ2n) is 6.90. The van der Waals surface area contributed by atoms with Crippen LogP contribution in [-0.2, 0) is 15.9 Å². The number of hydrogen-bond donors (Lipinski definition) is 3. The number of ether oxygens (including phenoxy) is 2. The van der Waals surface area contributed by atoms with Gasteiger partial charge in [0, 0.05) is 38.0 Å². The summed E-state index contributed by atoms with van der Waals surface area (Å²) < 4.78 is 11.2. The summed E-state index contributed by atoms with van der Waals surface area (Å²) in [6.07, 6.45) is 13.0. The third kappa shape index (κ3) is 8.79. The topological polar surface area (TPSA) is 102 Å². The van der Waals surface area contributed by atoms with Crippen LogP contribution in [-0.4, -0.2) is 55.8 Å². The summed E-state index contributed by atoms with van der Waals surface area (Å²) in [6, 6.07) is 0.258. The Kier molecular flexibility index (Phi) is 11.0. The van der Waals surface area contributed by atoms with Crippen LogP contribution < -0.4 is 16.6 Å². The molecule has 152 valence electrons. The van der Waals surface area contributed by atoms with Crippen LogP contribution in [0, 0.1) is 0 Å². The first-order chi connectivity index (χ1) is 13.3. The van der Waals surface area contributed by atoms with Gasteiger partial charge >= 0.3 is 0 Å². The van der Waals surface area contributed by atoms with Gasteiger partial charge in [0.05, 0.1) is 6.20 Å². The molecule has 1 aliphatic carbocycles. The molecular weight excluding hydrogens is 344 g/mol. The van der Waals surface area contributed by atoms with E-state index < -0.39 is 0 Å². The van der Waals surface area contributed by atoms with Gasteiger partial charge in [-0.3, -0.25) is 4.79 Å². The predicted octanol–water partition coefficient (Wildman–Crippen LogP) is 1.63. The first-order valence-corrected chi connectivity index (χ1v) is 10.1. The van der Waals surface area contributed by atoms with E-state index in [0.717, 1.165) is 76.2 Å².